The van der Waals surface area contributed by atoms with Crippen molar-refractivity contribution in [1.82, 2.24) is 25.4 Å². The van der Waals surface area contributed by atoms with E-state index < -0.39 is 0 Å². The van der Waals surface area contributed by atoms with Crippen LogP contribution in [0.1, 0.15) is 50.7 Å². The van der Waals surface area contributed by atoms with Crippen LogP contribution in [0.3, 0.4) is 0 Å². The quantitative estimate of drug-likeness (QED) is 0.437. The number of rotatable bonds is 3. The average molecular weight is 432 g/mol. The van der Waals surface area contributed by atoms with Crippen molar-refractivity contribution in [2.45, 2.75) is 65.0 Å². The highest BCUT2D eigenvalue weighted by Gasteiger charge is 2.29. The fraction of sp³-hybridized carbons (Fsp3) is 0.812. The van der Waals surface area contributed by atoms with E-state index >= 15 is 0 Å². The number of hydrogen-bond acceptors (Lipinski definition) is 3. The summed E-state index contributed by atoms with van der Waals surface area (Å²) in [7, 11) is 1.85. The molecule has 2 N–H and O–H groups in total. The highest BCUT2D eigenvalue weighted by Crippen LogP contribution is 2.36. The number of aryl methyl sites for hydroxylation is 2. The Labute approximate surface area is 155 Å². The second-order valence-corrected chi connectivity index (χ2v) is 7.08. The molecule has 2 aliphatic rings. The lowest BCUT2D eigenvalue weighted by Crippen LogP contribution is -2.49. The van der Waals surface area contributed by atoms with Crippen molar-refractivity contribution in [2.24, 2.45) is 10.4 Å². The van der Waals surface area contributed by atoms with E-state index in [1.807, 2.05) is 18.7 Å². The summed E-state index contributed by atoms with van der Waals surface area (Å²) in [5.41, 5.74) is 0.431. The predicted octanol–water partition coefficient (Wildman–Crippen LogP) is 2.26. The summed E-state index contributed by atoms with van der Waals surface area (Å²) in [5.74, 6) is 2.89. The van der Waals surface area contributed by atoms with E-state index in [9.17, 15) is 0 Å². The molecule has 6 nitrogen and oxygen atoms in total. The third kappa shape index (κ3) is 4.58. The van der Waals surface area contributed by atoms with Gasteiger partial charge in [0, 0.05) is 26.1 Å². The molecule has 1 aliphatic heterocycles. The molecule has 1 aromatic rings. The van der Waals surface area contributed by atoms with Gasteiger partial charge in [-0.05, 0) is 31.6 Å². The fourth-order valence-electron chi connectivity index (χ4n) is 3.64. The summed E-state index contributed by atoms with van der Waals surface area (Å²) >= 11 is 0. The van der Waals surface area contributed by atoms with Crippen molar-refractivity contribution >= 4 is 29.9 Å². The zero-order chi connectivity index (χ0) is 15.6. The molecule has 0 aromatic carbocycles. The summed E-state index contributed by atoms with van der Waals surface area (Å²) in [6.45, 7) is 6.21. The monoisotopic (exact) mass is 432 g/mol. The van der Waals surface area contributed by atoms with E-state index in [2.05, 4.69) is 32.6 Å². The van der Waals surface area contributed by atoms with Gasteiger partial charge in [-0.3, -0.25) is 4.99 Å². The third-order valence-corrected chi connectivity index (χ3v) is 5.02. The Morgan fingerprint density at radius 1 is 1.39 bits per heavy atom. The number of fused-ring (bicyclic) bond motifs is 1. The van der Waals surface area contributed by atoms with Gasteiger partial charge in [0.1, 0.15) is 11.6 Å². The summed E-state index contributed by atoms with van der Waals surface area (Å²) in [5, 5.41) is 11.5. The highest BCUT2D eigenvalue weighted by atomic mass is 127. The molecule has 0 saturated heterocycles. The highest BCUT2D eigenvalue weighted by molar-refractivity contribution is 14.0. The van der Waals surface area contributed by atoms with Gasteiger partial charge in [-0.25, -0.2) is 9.67 Å². The zero-order valence-corrected chi connectivity index (χ0v) is 16.8. The first-order chi connectivity index (χ1) is 10.6. The molecule has 7 heteroatoms. The molecule has 1 aliphatic carbocycles. The van der Waals surface area contributed by atoms with Gasteiger partial charge in [-0.2, -0.15) is 5.10 Å². The summed E-state index contributed by atoms with van der Waals surface area (Å²) in [6.07, 6.45) is 7.43. The van der Waals surface area contributed by atoms with E-state index in [0.29, 0.717) is 11.5 Å². The van der Waals surface area contributed by atoms with Gasteiger partial charge in [-0.15, -0.1) is 24.0 Å². The molecule has 1 fully saturated rings. The maximum absolute atomic E-state index is 4.46. The Morgan fingerprint density at radius 3 is 2.83 bits per heavy atom. The van der Waals surface area contributed by atoms with Crippen LogP contribution in [-0.4, -0.2) is 40.4 Å². The molecule has 23 heavy (non-hydrogen) atoms. The lowest BCUT2D eigenvalue weighted by Gasteiger charge is -2.28. The van der Waals surface area contributed by atoms with Crippen molar-refractivity contribution < 1.29 is 0 Å². The topological polar surface area (TPSA) is 67.1 Å². The van der Waals surface area contributed by atoms with Crippen LogP contribution in [0.4, 0.5) is 0 Å². The normalized spacial score (nSPS) is 23.1. The van der Waals surface area contributed by atoms with Crippen LogP contribution < -0.4 is 10.6 Å². The molecule has 1 atom stereocenters. The second-order valence-electron chi connectivity index (χ2n) is 7.08. The van der Waals surface area contributed by atoms with Crippen molar-refractivity contribution in [1.29, 1.82) is 0 Å². The molecular weight excluding hydrogens is 403 g/mol. The van der Waals surface area contributed by atoms with Crippen molar-refractivity contribution in [2.75, 3.05) is 13.6 Å². The molecule has 0 radical (unpaired) electrons. The van der Waals surface area contributed by atoms with E-state index in [0.717, 1.165) is 43.5 Å². The van der Waals surface area contributed by atoms with Gasteiger partial charge >= 0.3 is 0 Å². The molecular formula is C16H29IN6. The number of aliphatic imine (C=N–C) groups is 1. The first kappa shape index (κ1) is 18.5. The van der Waals surface area contributed by atoms with Crippen molar-refractivity contribution in [3.63, 3.8) is 0 Å². The average Bonchev–Trinajstić information content (AvgIpc) is 3.08. The van der Waals surface area contributed by atoms with E-state index in [1.54, 1.807) is 0 Å². The van der Waals surface area contributed by atoms with Crippen LogP contribution >= 0.6 is 24.0 Å². The van der Waals surface area contributed by atoms with E-state index in [-0.39, 0.29) is 24.0 Å². The standard InChI is InChI=1S/C16H28N6.HI/c1-12-19-14-7-6-13(10-22(14)21-12)20-15(17-3)18-11-16(2)8-4-5-9-16;/h13H,4-11H2,1-3H3,(H2,17,18,20);1H. The van der Waals surface area contributed by atoms with Gasteiger partial charge in [-0.1, -0.05) is 19.8 Å². The molecule has 0 spiro atoms. The SMILES string of the molecule is CN=C(NCC1(C)CCCC1)NC1CCc2nc(C)nn2C1.I. The van der Waals surface area contributed by atoms with Crippen LogP contribution in [0.5, 0.6) is 0 Å². The van der Waals surface area contributed by atoms with Gasteiger partial charge in [0.15, 0.2) is 5.96 Å². The molecule has 1 aromatic heterocycles. The van der Waals surface area contributed by atoms with Crippen LogP contribution in [0.25, 0.3) is 0 Å². The summed E-state index contributed by atoms with van der Waals surface area (Å²) < 4.78 is 2.03. The number of hydrogen-bond donors (Lipinski definition) is 2. The Hall–Kier alpha value is -0.860. The van der Waals surface area contributed by atoms with Crippen LogP contribution in [0.2, 0.25) is 0 Å². The summed E-state index contributed by atoms with van der Waals surface area (Å²) in [4.78, 5) is 8.85. The van der Waals surface area contributed by atoms with Crippen LogP contribution in [-0.2, 0) is 13.0 Å². The lowest BCUT2D eigenvalue weighted by atomic mass is 9.89. The van der Waals surface area contributed by atoms with Gasteiger partial charge < -0.3 is 10.6 Å². The Kier molecular flexibility index (Phi) is 6.27. The van der Waals surface area contributed by atoms with Crippen molar-refractivity contribution in [3.8, 4) is 0 Å². The van der Waals surface area contributed by atoms with E-state index in [1.165, 1.54) is 25.7 Å². The molecule has 0 bridgehead atoms. The largest absolute Gasteiger partial charge is 0.356 e. The minimum atomic E-state index is 0. The molecule has 1 unspecified atom stereocenters. The number of aromatic nitrogens is 3. The van der Waals surface area contributed by atoms with Crippen LogP contribution in [0, 0.1) is 12.3 Å². The lowest BCUT2D eigenvalue weighted by molar-refractivity contribution is 0.331. The first-order valence-electron chi connectivity index (χ1n) is 8.45. The molecule has 0 amide bonds. The molecule has 2 heterocycles. The minimum absolute atomic E-state index is 0. The maximum atomic E-state index is 4.46. The third-order valence-electron chi connectivity index (χ3n) is 5.02. The number of nitrogens with zero attached hydrogens (tertiary/aromatic N) is 4. The molecule has 1 saturated carbocycles. The van der Waals surface area contributed by atoms with Gasteiger partial charge in [0.05, 0.1) is 6.54 Å². The maximum Gasteiger partial charge on any atom is 0.191 e. The first-order valence-corrected chi connectivity index (χ1v) is 8.45. The second kappa shape index (κ2) is 7.81. The predicted molar refractivity (Wildman–Crippen MR) is 103 cm³/mol. The number of nitrogens with one attached hydrogen (secondary N) is 2. The van der Waals surface area contributed by atoms with Crippen molar-refractivity contribution in [3.05, 3.63) is 11.6 Å². The van der Waals surface area contributed by atoms with Gasteiger partial charge in [0.2, 0.25) is 0 Å². The van der Waals surface area contributed by atoms with Gasteiger partial charge in [0.25, 0.3) is 0 Å². The number of halogens is 1. The Balaban J connectivity index is 0.00000192. The molecule has 130 valence electrons. The zero-order valence-electron chi connectivity index (χ0n) is 14.4. The van der Waals surface area contributed by atoms with E-state index in [4.69, 9.17) is 0 Å². The number of guanidine groups is 1. The Bertz CT molecular complexity index is 547. The fourth-order valence-corrected chi connectivity index (χ4v) is 3.64. The van der Waals surface area contributed by atoms with Crippen LogP contribution in [0.15, 0.2) is 4.99 Å². The minimum Gasteiger partial charge on any atom is -0.356 e. The Morgan fingerprint density at radius 2 is 2.13 bits per heavy atom. The smallest absolute Gasteiger partial charge is 0.191 e. The molecule has 3 rings (SSSR count). The summed E-state index contributed by atoms with van der Waals surface area (Å²) in [6, 6.07) is 0.371.